The lowest BCUT2D eigenvalue weighted by Gasteiger charge is -2.26. The van der Waals surface area contributed by atoms with E-state index in [9.17, 15) is 24.3 Å². The summed E-state index contributed by atoms with van der Waals surface area (Å²) in [4.78, 5) is 49.1. The van der Waals surface area contributed by atoms with Gasteiger partial charge in [-0.3, -0.25) is 14.4 Å². The Kier molecular flexibility index (Phi) is 14.7. The summed E-state index contributed by atoms with van der Waals surface area (Å²) in [7, 11) is 0. The van der Waals surface area contributed by atoms with Gasteiger partial charge in [-0.15, -0.1) is 0 Å². The van der Waals surface area contributed by atoms with Crippen LogP contribution >= 0.6 is 0 Å². The number of carboxylic acids is 1. The molecule has 0 heterocycles. The van der Waals surface area contributed by atoms with Crippen LogP contribution in [0.3, 0.4) is 0 Å². The fraction of sp³-hybridized carbons (Fsp3) is 0.667. The summed E-state index contributed by atoms with van der Waals surface area (Å²) in [5, 5.41) is 9.69. The third-order valence-corrected chi connectivity index (χ3v) is 6.52. The minimum absolute atomic E-state index is 0.00881. The number of esters is 2. The van der Waals surface area contributed by atoms with E-state index < -0.39 is 42.1 Å². The summed E-state index contributed by atoms with van der Waals surface area (Å²) in [5.41, 5.74) is 6.47. The zero-order valence-electron chi connectivity index (χ0n) is 25.1. The van der Waals surface area contributed by atoms with Crippen molar-refractivity contribution < 1.29 is 43.2 Å². The summed E-state index contributed by atoms with van der Waals surface area (Å²) >= 11 is 0. The Morgan fingerprint density at radius 1 is 0.800 bits per heavy atom. The van der Waals surface area contributed by atoms with Crippen molar-refractivity contribution in [2.45, 2.75) is 112 Å². The number of carbonyl (C=O) groups excluding carboxylic acids is 3. The van der Waals surface area contributed by atoms with Gasteiger partial charge < -0.3 is 29.8 Å². The highest BCUT2D eigenvalue weighted by Gasteiger charge is 2.30. The number of carbonyl (C=O) groups is 4. The summed E-state index contributed by atoms with van der Waals surface area (Å²) in [6.07, 6.45) is -0.336. The van der Waals surface area contributed by atoms with Crippen LogP contribution in [0.2, 0.25) is 0 Å². The fourth-order valence-electron chi connectivity index (χ4n) is 3.63. The number of ether oxygens (including phenoxy) is 4. The van der Waals surface area contributed by atoms with Crippen molar-refractivity contribution in [1.82, 2.24) is 0 Å². The molecule has 0 aliphatic carbocycles. The zero-order valence-corrected chi connectivity index (χ0v) is 25.1. The van der Waals surface area contributed by atoms with Gasteiger partial charge in [-0.1, -0.05) is 47.6 Å². The van der Waals surface area contributed by atoms with E-state index in [0.29, 0.717) is 24.3 Å². The topological polar surface area (TPSA) is 151 Å². The second-order valence-corrected chi connectivity index (χ2v) is 11.5. The van der Waals surface area contributed by atoms with Crippen molar-refractivity contribution >= 4 is 24.1 Å². The van der Waals surface area contributed by atoms with Crippen LogP contribution in [0.25, 0.3) is 0 Å². The van der Waals surface area contributed by atoms with Gasteiger partial charge >= 0.3 is 24.1 Å². The Morgan fingerprint density at radius 3 is 1.80 bits per heavy atom. The summed E-state index contributed by atoms with van der Waals surface area (Å²) < 4.78 is 21.7. The average Bonchev–Trinajstić information content (AvgIpc) is 2.85. The zero-order chi connectivity index (χ0) is 30.6. The van der Waals surface area contributed by atoms with Crippen LogP contribution in [0.4, 0.5) is 4.79 Å². The molecular formula is C30H47NO9. The van der Waals surface area contributed by atoms with Gasteiger partial charge in [0.1, 0.15) is 18.2 Å². The maximum atomic E-state index is 12.6. The van der Waals surface area contributed by atoms with Crippen LogP contribution in [0, 0.1) is 17.8 Å². The highest BCUT2D eigenvalue weighted by Crippen LogP contribution is 2.35. The third kappa shape index (κ3) is 12.8. The molecule has 4 atom stereocenters. The second kappa shape index (κ2) is 16.8. The first-order valence-corrected chi connectivity index (χ1v) is 14.0. The van der Waals surface area contributed by atoms with Gasteiger partial charge in [0.2, 0.25) is 0 Å². The quantitative estimate of drug-likeness (QED) is 0.185. The van der Waals surface area contributed by atoms with Crippen LogP contribution in [0.1, 0.15) is 99.0 Å². The minimum Gasteiger partial charge on any atom is -0.480 e. The molecule has 0 aliphatic rings. The first kappa shape index (κ1) is 34.9. The van der Waals surface area contributed by atoms with Gasteiger partial charge in [-0.25, -0.2) is 4.79 Å². The van der Waals surface area contributed by atoms with E-state index in [2.05, 4.69) is 0 Å². The summed E-state index contributed by atoms with van der Waals surface area (Å²) in [6.45, 7) is 15.1. The molecule has 10 nitrogen and oxygen atoms in total. The minimum atomic E-state index is -1.36. The number of benzene rings is 1. The smallest absolute Gasteiger partial charge is 0.480 e. The number of hydrogen-bond donors (Lipinski definition) is 2. The molecule has 0 radical (unpaired) electrons. The molecule has 0 amide bonds. The van der Waals surface area contributed by atoms with Crippen LogP contribution in [-0.4, -0.2) is 47.4 Å². The molecule has 226 valence electrons. The largest absolute Gasteiger partial charge is 0.508 e. The van der Waals surface area contributed by atoms with E-state index in [1.54, 1.807) is 19.9 Å². The predicted octanol–water partition coefficient (Wildman–Crippen LogP) is 5.84. The molecule has 10 heteroatoms. The number of nitrogens with two attached hydrogens (primary N) is 1. The Labute approximate surface area is 237 Å². The maximum Gasteiger partial charge on any atom is 0.508 e. The number of rotatable bonds is 16. The van der Waals surface area contributed by atoms with Crippen molar-refractivity contribution in [3.05, 3.63) is 23.8 Å². The van der Waals surface area contributed by atoms with E-state index in [0.717, 1.165) is 0 Å². The Bertz CT molecular complexity index is 989. The van der Waals surface area contributed by atoms with E-state index in [1.165, 1.54) is 12.1 Å². The lowest BCUT2D eigenvalue weighted by Crippen LogP contribution is -2.38. The van der Waals surface area contributed by atoms with Gasteiger partial charge in [-0.05, 0) is 68.6 Å². The van der Waals surface area contributed by atoms with Gasteiger partial charge in [-0.2, -0.15) is 0 Å². The highest BCUT2D eigenvalue weighted by atomic mass is 16.7. The Morgan fingerprint density at radius 2 is 1.32 bits per heavy atom. The average molecular weight is 566 g/mol. The fourth-order valence-corrected chi connectivity index (χ4v) is 3.63. The summed E-state index contributed by atoms with van der Waals surface area (Å²) in [6, 6.07) is 3.12. The standard InChI is InChI=1S/C30H47NO9/c1-17(2)9-13-26(32)39-24-12-11-22(16-25(24)40-27(33)14-10-18(3)4)23(28(31)29(34)35)15-20(7)37-30(36)38-21(8)19(5)6/h11-12,16-21,23,28H,9-10,13-15,31H2,1-8H3,(H,34,35)/t20?,21?,23?,28-/m0/s1. The highest BCUT2D eigenvalue weighted by molar-refractivity contribution is 5.77. The molecule has 1 aromatic carbocycles. The van der Waals surface area contributed by atoms with Gasteiger partial charge in [0, 0.05) is 18.8 Å². The van der Waals surface area contributed by atoms with Crippen LogP contribution in [-0.2, 0) is 23.9 Å². The van der Waals surface area contributed by atoms with Crippen molar-refractivity contribution in [3.8, 4) is 11.5 Å². The predicted molar refractivity (Wildman–Crippen MR) is 150 cm³/mol. The molecule has 0 saturated heterocycles. The van der Waals surface area contributed by atoms with E-state index in [4.69, 9.17) is 24.7 Å². The molecule has 3 unspecified atom stereocenters. The van der Waals surface area contributed by atoms with Crippen molar-refractivity contribution in [2.75, 3.05) is 0 Å². The lowest BCUT2D eigenvalue weighted by molar-refractivity contribution is -0.139. The SMILES string of the molecule is CC(C)CCC(=O)Oc1ccc(C(CC(C)OC(=O)OC(C)C(C)C)[C@H](N)C(=O)O)cc1OC(=O)CCC(C)C. The Balaban J connectivity index is 3.27. The monoisotopic (exact) mass is 565 g/mol. The number of aliphatic carboxylic acids is 1. The third-order valence-electron chi connectivity index (χ3n) is 6.52. The normalized spacial score (nSPS) is 14.4. The molecule has 0 saturated carbocycles. The molecule has 0 fully saturated rings. The van der Waals surface area contributed by atoms with Gasteiger partial charge in [0.15, 0.2) is 11.5 Å². The summed E-state index contributed by atoms with van der Waals surface area (Å²) in [5.74, 6) is -2.36. The second-order valence-electron chi connectivity index (χ2n) is 11.5. The molecule has 1 rings (SSSR count). The van der Waals surface area contributed by atoms with E-state index in [1.807, 2.05) is 41.5 Å². The molecule has 3 N–H and O–H groups in total. The van der Waals surface area contributed by atoms with E-state index in [-0.39, 0.29) is 48.7 Å². The molecule has 0 spiro atoms. The van der Waals surface area contributed by atoms with Gasteiger partial charge in [0.25, 0.3) is 0 Å². The molecule has 0 aliphatic heterocycles. The molecule has 0 bridgehead atoms. The molecule has 1 aromatic rings. The molecule has 40 heavy (non-hydrogen) atoms. The van der Waals surface area contributed by atoms with Crippen molar-refractivity contribution in [3.63, 3.8) is 0 Å². The number of carboxylic acid groups (broad SMARTS) is 1. The number of hydrogen-bond acceptors (Lipinski definition) is 9. The van der Waals surface area contributed by atoms with E-state index >= 15 is 0 Å². The van der Waals surface area contributed by atoms with Crippen LogP contribution in [0.15, 0.2) is 18.2 Å². The van der Waals surface area contributed by atoms with Crippen LogP contribution in [0.5, 0.6) is 11.5 Å². The maximum absolute atomic E-state index is 12.6. The first-order valence-electron chi connectivity index (χ1n) is 14.0. The molecule has 0 aromatic heterocycles. The van der Waals surface area contributed by atoms with Crippen molar-refractivity contribution in [1.29, 1.82) is 0 Å². The lowest BCUT2D eigenvalue weighted by atomic mass is 9.87. The molecular weight excluding hydrogens is 518 g/mol. The van der Waals surface area contributed by atoms with Gasteiger partial charge in [0.05, 0.1) is 0 Å². The first-order chi connectivity index (χ1) is 18.6. The van der Waals surface area contributed by atoms with Crippen LogP contribution < -0.4 is 15.2 Å². The van der Waals surface area contributed by atoms with Crippen molar-refractivity contribution in [2.24, 2.45) is 23.5 Å². The Hall–Kier alpha value is -3.14.